The molecule has 0 amide bonds. The van der Waals surface area contributed by atoms with Crippen molar-refractivity contribution in [2.75, 3.05) is 0 Å². The molecule has 0 atom stereocenters. The SMILES string of the molecule is O=S(=O)(Oc1cc(C(F)(F)F)nn1-c1ccccc1Cl)C(F)(F)F.O=c1cc(C(F)(F)F)[nH]n1-c1ccccc1Cl. The predicted molar refractivity (Wildman–Crippen MR) is 126 cm³/mol. The lowest BCUT2D eigenvalue weighted by Crippen LogP contribution is -2.28. The summed E-state index contributed by atoms with van der Waals surface area (Å²) in [4.78, 5) is 11.4. The van der Waals surface area contributed by atoms with E-state index in [9.17, 15) is 52.7 Å². The number of para-hydroxylation sites is 2. The molecule has 0 unspecified atom stereocenters. The summed E-state index contributed by atoms with van der Waals surface area (Å²) in [5, 5.41) is 5.00. The Balaban J connectivity index is 0.000000239. The normalized spacial score (nSPS) is 12.6. The van der Waals surface area contributed by atoms with E-state index in [4.69, 9.17) is 23.2 Å². The second kappa shape index (κ2) is 11.3. The van der Waals surface area contributed by atoms with Crippen LogP contribution in [0.2, 0.25) is 10.0 Å². The zero-order valence-electron chi connectivity index (χ0n) is 19.3. The highest BCUT2D eigenvalue weighted by Gasteiger charge is 2.49. The zero-order valence-corrected chi connectivity index (χ0v) is 21.6. The summed E-state index contributed by atoms with van der Waals surface area (Å²) in [7, 11) is -6.20. The Bertz CT molecular complexity index is 1710. The van der Waals surface area contributed by atoms with Crippen molar-refractivity contribution in [1.82, 2.24) is 19.6 Å². The third-order valence-electron chi connectivity index (χ3n) is 4.65. The van der Waals surface area contributed by atoms with E-state index in [0.29, 0.717) is 6.07 Å². The Morgan fingerprint density at radius 2 is 1.29 bits per heavy atom. The number of aromatic amines is 1. The molecule has 0 bridgehead atoms. The standard InChI is InChI=1S/C11H5ClF6N2O3S.C10H6ClF3N2O/c12-6-3-1-2-4-7(6)20-9(5-8(19-20)10(13,14)15)23-24(21,22)11(16,17)18;11-6-3-1-2-4-7(6)16-9(17)5-8(15-16)10(12,13)14/h1-5H;1-5,15H. The van der Waals surface area contributed by atoms with Crippen molar-refractivity contribution >= 4 is 33.3 Å². The molecule has 0 fully saturated rings. The number of H-pyrrole nitrogens is 1. The molecule has 0 saturated carbocycles. The van der Waals surface area contributed by atoms with Crippen LogP contribution >= 0.6 is 23.2 Å². The summed E-state index contributed by atoms with van der Waals surface area (Å²) in [6, 6.07) is 11.7. The Morgan fingerprint density at radius 3 is 1.73 bits per heavy atom. The van der Waals surface area contributed by atoms with Crippen molar-refractivity contribution in [3.8, 4) is 17.3 Å². The van der Waals surface area contributed by atoms with Crippen LogP contribution in [0, 0.1) is 0 Å². The molecule has 222 valence electrons. The molecule has 0 radical (unpaired) electrons. The molecule has 20 heteroatoms. The molecule has 0 spiro atoms. The van der Waals surface area contributed by atoms with Gasteiger partial charge in [0.2, 0.25) is 5.88 Å². The van der Waals surface area contributed by atoms with Gasteiger partial charge < -0.3 is 4.18 Å². The largest absolute Gasteiger partial charge is 0.534 e. The van der Waals surface area contributed by atoms with Gasteiger partial charge >= 0.3 is 28.0 Å². The molecule has 4 aromatic rings. The van der Waals surface area contributed by atoms with Gasteiger partial charge in [-0.05, 0) is 24.3 Å². The zero-order chi connectivity index (χ0) is 31.0. The van der Waals surface area contributed by atoms with E-state index in [1.807, 2.05) is 5.10 Å². The van der Waals surface area contributed by atoms with Crippen molar-refractivity contribution in [1.29, 1.82) is 0 Å². The first-order valence-electron chi connectivity index (χ1n) is 10.3. The first-order chi connectivity index (χ1) is 18.7. The fourth-order valence-corrected chi connectivity index (χ4v) is 3.74. The second-order valence-corrected chi connectivity index (χ2v) is 9.86. The first kappa shape index (κ1) is 31.9. The van der Waals surface area contributed by atoms with Crippen LogP contribution in [0.5, 0.6) is 5.88 Å². The van der Waals surface area contributed by atoms with E-state index in [2.05, 4.69) is 9.28 Å². The molecule has 8 nitrogen and oxygen atoms in total. The fraction of sp³-hybridized carbons (Fsp3) is 0.143. The summed E-state index contributed by atoms with van der Waals surface area (Å²) in [6.07, 6.45) is -9.64. The number of hydrogen-bond donors (Lipinski definition) is 1. The number of aromatic nitrogens is 4. The summed E-state index contributed by atoms with van der Waals surface area (Å²) in [5.41, 5.74) is -9.54. The van der Waals surface area contributed by atoms with E-state index in [0.717, 1.165) is 10.7 Å². The van der Waals surface area contributed by atoms with Gasteiger partial charge in [-0.3, -0.25) is 9.89 Å². The second-order valence-electron chi connectivity index (χ2n) is 7.50. The summed E-state index contributed by atoms with van der Waals surface area (Å²) < 4.78 is 139. The van der Waals surface area contributed by atoms with E-state index >= 15 is 0 Å². The quantitative estimate of drug-likeness (QED) is 0.151. The van der Waals surface area contributed by atoms with Crippen LogP contribution in [-0.2, 0) is 22.5 Å². The lowest BCUT2D eigenvalue weighted by atomic mass is 10.3. The number of alkyl halides is 9. The van der Waals surface area contributed by atoms with Gasteiger partial charge in [0.25, 0.3) is 5.56 Å². The van der Waals surface area contributed by atoms with Crippen LogP contribution in [0.15, 0.2) is 65.5 Å². The van der Waals surface area contributed by atoms with Crippen molar-refractivity contribution in [2.24, 2.45) is 0 Å². The summed E-state index contributed by atoms with van der Waals surface area (Å²) in [6.45, 7) is 0. The van der Waals surface area contributed by atoms with Crippen molar-refractivity contribution < 1.29 is 52.1 Å². The Kier molecular flexibility index (Phi) is 8.81. The molecule has 0 saturated heterocycles. The van der Waals surface area contributed by atoms with Gasteiger partial charge in [0.05, 0.1) is 21.4 Å². The molecular weight excluding hydrogens is 646 g/mol. The topological polar surface area (TPSA) is 99.0 Å². The fourth-order valence-electron chi connectivity index (χ4n) is 2.87. The van der Waals surface area contributed by atoms with Gasteiger partial charge in [-0.1, -0.05) is 47.5 Å². The highest BCUT2D eigenvalue weighted by atomic mass is 35.5. The molecule has 41 heavy (non-hydrogen) atoms. The third kappa shape index (κ3) is 7.36. The molecular formula is C21H11Cl2F9N4O4S. The summed E-state index contributed by atoms with van der Waals surface area (Å²) >= 11 is 11.5. The number of benzene rings is 2. The smallest absolute Gasteiger partial charge is 0.355 e. The van der Waals surface area contributed by atoms with Crippen LogP contribution in [0.3, 0.4) is 0 Å². The minimum atomic E-state index is -6.20. The van der Waals surface area contributed by atoms with Crippen molar-refractivity contribution in [3.05, 3.63) is 92.5 Å². The van der Waals surface area contributed by atoms with Gasteiger partial charge in [0.1, 0.15) is 5.69 Å². The molecule has 0 aliphatic heterocycles. The van der Waals surface area contributed by atoms with Crippen LogP contribution < -0.4 is 9.74 Å². The number of nitrogens with zero attached hydrogens (tertiary/aromatic N) is 3. The molecule has 4 rings (SSSR count). The molecule has 0 aliphatic carbocycles. The molecule has 2 aromatic carbocycles. The Labute approximate surface area is 232 Å². The predicted octanol–water partition coefficient (Wildman–Crippen LogP) is 6.61. The maximum Gasteiger partial charge on any atom is 0.534 e. The average molecular weight is 657 g/mol. The van der Waals surface area contributed by atoms with E-state index in [-0.39, 0.29) is 32.2 Å². The van der Waals surface area contributed by atoms with Crippen LogP contribution in [-0.4, -0.2) is 33.5 Å². The van der Waals surface area contributed by atoms with E-state index in [1.54, 1.807) is 12.1 Å². The highest BCUT2D eigenvalue weighted by molar-refractivity contribution is 7.87. The maximum absolute atomic E-state index is 12.7. The van der Waals surface area contributed by atoms with Crippen molar-refractivity contribution in [3.63, 3.8) is 0 Å². The molecule has 2 aromatic heterocycles. The van der Waals surface area contributed by atoms with Gasteiger partial charge in [-0.15, -0.1) is 0 Å². The molecule has 0 aliphatic rings. The number of rotatable bonds is 4. The number of nitrogens with one attached hydrogen (secondary N) is 1. The Hall–Kier alpha value is -3.64. The lowest BCUT2D eigenvalue weighted by molar-refractivity contribution is -0.142. The average Bonchev–Trinajstić information content (AvgIpc) is 3.43. The van der Waals surface area contributed by atoms with E-state index < -0.39 is 50.8 Å². The lowest BCUT2D eigenvalue weighted by Gasteiger charge is -2.11. The van der Waals surface area contributed by atoms with Crippen molar-refractivity contribution in [2.45, 2.75) is 17.9 Å². The molecule has 2 heterocycles. The Morgan fingerprint density at radius 1 is 0.780 bits per heavy atom. The van der Waals surface area contributed by atoms with Crippen LogP contribution in [0.1, 0.15) is 11.4 Å². The minimum Gasteiger partial charge on any atom is -0.355 e. The van der Waals surface area contributed by atoms with Gasteiger partial charge in [-0.2, -0.15) is 57.7 Å². The first-order valence-corrected chi connectivity index (χ1v) is 12.5. The van der Waals surface area contributed by atoms with Crippen LogP contribution in [0.25, 0.3) is 11.4 Å². The molecule has 1 N–H and O–H groups in total. The highest BCUT2D eigenvalue weighted by Crippen LogP contribution is 2.36. The summed E-state index contributed by atoms with van der Waals surface area (Å²) in [5.74, 6) is -1.31. The monoisotopic (exact) mass is 656 g/mol. The van der Waals surface area contributed by atoms with Gasteiger partial charge in [-0.25, -0.2) is 4.68 Å². The van der Waals surface area contributed by atoms with E-state index in [1.165, 1.54) is 30.3 Å². The van der Waals surface area contributed by atoms with Gasteiger partial charge in [0.15, 0.2) is 5.69 Å². The minimum absolute atomic E-state index is 0.0205. The van der Waals surface area contributed by atoms with Gasteiger partial charge in [0, 0.05) is 12.1 Å². The maximum atomic E-state index is 12.7. The number of hydrogen-bond acceptors (Lipinski definition) is 5. The third-order valence-corrected chi connectivity index (χ3v) is 6.24. The van der Waals surface area contributed by atoms with Crippen LogP contribution in [0.4, 0.5) is 39.5 Å². The number of halogens is 11.